The third kappa shape index (κ3) is 4.36. The first-order chi connectivity index (χ1) is 9.33. The quantitative estimate of drug-likeness (QED) is 0.812. The highest BCUT2D eigenvalue weighted by Gasteiger charge is 2.09. The number of ether oxygens (including phenoxy) is 1. The van der Waals surface area contributed by atoms with Crippen LogP contribution in [0.2, 0.25) is 0 Å². The van der Waals surface area contributed by atoms with Gasteiger partial charge in [-0.25, -0.2) is 4.98 Å². The van der Waals surface area contributed by atoms with Gasteiger partial charge in [-0.2, -0.15) is 11.3 Å². The molecule has 0 aliphatic rings. The molecule has 0 aliphatic heterocycles. The Labute approximate surface area is 121 Å². The molecule has 2 heterocycles. The maximum absolute atomic E-state index is 9.08. The summed E-state index contributed by atoms with van der Waals surface area (Å²) in [5.74, 6) is 0. The fraction of sp³-hybridized carbons (Fsp3) is 0.462. The Morgan fingerprint density at radius 3 is 3.00 bits per heavy atom. The molecule has 0 aliphatic carbocycles. The van der Waals surface area contributed by atoms with Crippen molar-refractivity contribution in [3.05, 3.63) is 27.9 Å². The molecular formula is C13H18N2O2S2. The molecule has 0 amide bonds. The van der Waals surface area contributed by atoms with Crippen LogP contribution in [0.4, 0.5) is 0 Å². The topological polar surface area (TPSA) is 45.6 Å². The van der Waals surface area contributed by atoms with Gasteiger partial charge in [0.05, 0.1) is 13.2 Å². The molecule has 0 aromatic carbocycles. The zero-order chi connectivity index (χ0) is 13.5. The lowest BCUT2D eigenvalue weighted by Crippen LogP contribution is -2.29. The number of hydrogen-bond donors (Lipinski definition) is 1. The molecule has 2 aromatic heterocycles. The SMILES string of the molecule is COCCN(CCO)Cc1cnc(-c2ccsc2)s1. The van der Waals surface area contributed by atoms with Crippen LogP contribution < -0.4 is 0 Å². The van der Waals surface area contributed by atoms with Crippen molar-refractivity contribution in [3.63, 3.8) is 0 Å². The van der Waals surface area contributed by atoms with Gasteiger partial charge in [-0.05, 0) is 11.4 Å². The third-order valence-electron chi connectivity index (χ3n) is 2.73. The van der Waals surface area contributed by atoms with Crippen molar-refractivity contribution in [1.29, 1.82) is 0 Å². The lowest BCUT2D eigenvalue weighted by Gasteiger charge is -2.19. The first kappa shape index (κ1) is 14.6. The van der Waals surface area contributed by atoms with Crippen LogP contribution in [0, 0.1) is 0 Å². The van der Waals surface area contributed by atoms with Crippen molar-refractivity contribution in [1.82, 2.24) is 9.88 Å². The predicted octanol–water partition coefficient (Wildman–Crippen LogP) is 2.31. The fourth-order valence-electron chi connectivity index (χ4n) is 1.75. The van der Waals surface area contributed by atoms with Crippen molar-refractivity contribution < 1.29 is 9.84 Å². The molecule has 6 heteroatoms. The average molecular weight is 298 g/mol. The number of thiazole rings is 1. The Kier molecular flexibility index (Phi) is 5.93. The van der Waals surface area contributed by atoms with Gasteiger partial charge in [0.25, 0.3) is 0 Å². The molecule has 2 rings (SSSR count). The van der Waals surface area contributed by atoms with E-state index >= 15 is 0 Å². The van der Waals surface area contributed by atoms with Crippen LogP contribution in [-0.4, -0.2) is 48.4 Å². The highest BCUT2D eigenvalue weighted by atomic mass is 32.1. The van der Waals surface area contributed by atoms with Gasteiger partial charge in [0.15, 0.2) is 0 Å². The van der Waals surface area contributed by atoms with Gasteiger partial charge in [0.1, 0.15) is 5.01 Å². The number of hydrogen-bond acceptors (Lipinski definition) is 6. The second-order valence-electron chi connectivity index (χ2n) is 4.14. The zero-order valence-electron chi connectivity index (χ0n) is 10.9. The summed E-state index contributed by atoms with van der Waals surface area (Å²) in [5.41, 5.74) is 1.19. The Bertz CT molecular complexity index is 471. The molecule has 0 bridgehead atoms. The lowest BCUT2D eigenvalue weighted by atomic mass is 10.4. The maximum Gasteiger partial charge on any atom is 0.124 e. The molecule has 0 unspecified atom stereocenters. The molecule has 0 radical (unpaired) electrons. The number of nitrogens with zero attached hydrogens (tertiary/aromatic N) is 2. The molecule has 104 valence electrons. The van der Waals surface area contributed by atoms with Gasteiger partial charge in [0.2, 0.25) is 0 Å². The molecule has 0 atom stereocenters. The Balaban J connectivity index is 1.97. The number of rotatable bonds is 8. The Morgan fingerprint density at radius 2 is 2.32 bits per heavy atom. The summed E-state index contributed by atoms with van der Waals surface area (Å²) in [7, 11) is 1.69. The predicted molar refractivity (Wildman–Crippen MR) is 79.7 cm³/mol. The first-order valence-corrected chi connectivity index (χ1v) is 7.89. The van der Waals surface area contributed by atoms with Crippen LogP contribution in [0.1, 0.15) is 4.88 Å². The number of aromatic nitrogens is 1. The molecule has 2 aromatic rings. The van der Waals surface area contributed by atoms with Crippen LogP contribution in [-0.2, 0) is 11.3 Å². The standard InChI is InChI=1S/C13H18N2O2S2/c1-17-6-4-15(3-5-16)9-12-8-14-13(19-12)11-2-7-18-10-11/h2,7-8,10,16H,3-6,9H2,1H3. The first-order valence-electron chi connectivity index (χ1n) is 6.13. The van der Waals surface area contributed by atoms with Crippen molar-refractivity contribution in [2.75, 3.05) is 33.4 Å². The average Bonchev–Trinajstić information content (AvgIpc) is 3.06. The normalized spacial score (nSPS) is 11.3. The smallest absolute Gasteiger partial charge is 0.124 e. The van der Waals surface area contributed by atoms with E-state index in [0.29, 0.717) is 13.2 Å². The van der Waals surface area contributed by atoms with Crippen LogP contribution in [0.25, 0.3) is 10.6 Å². The molecule has 0 spiro atoms. The number of thiophene rings is 1. The maximum atomic E-state index is 9.08. The van der Waals surface area contributed by atoms with E-state index in [9.17, 15) is 0 Å². The summed E-state index contributed by atoms with van der Waals surface area (Å²) >= 11 is 3.39. The second-order valence-corrected chi connectivity index (χ2v) is 6.03. The van der Waals surface area contributed by atoms with E-state index in [0.717, 1.165) is 18.1 Å². The second kappa shape index (κ2) is 7.72. The number of methoxy groups -OCH3 is 1. The summed E-state index contributed by atoms with van der Waals surface area (Å²) in [5, 5.41) is 14.3. The van der Waals surface area contributed by atoms with Crippen LogP contribution in [0.5, 0.6) is 0 Å². The summed E-state index contributed by atoms with van der Waals surface area (Å²) in [4.78, 5) is 7.85. The Hall–Kier alpha value is -0.790. The number of aliphatic hydroxyl groups is 1. The third-order valence-corrected chi connectivity index (χ3v) is 4.44. The van der Waals surface area contributed by atoms with E-state index in [1.807, 2.05) is 6.20 Å². The minimum Gasteiger partial charge on any atom is -0.395 e. The van der Waals surface area contributed by atoms with E-state index in [2.05, 4.69) is 26.7 Å². The highest BCUT2D eigenvalue weighted by Crippen LogP contribution is 2.27. The minimum absolute atomic E-state index is 0.167. The fourth-order valence-corrected chi connectivity index (χ4v) is 3.42. The zero-order valence-corrected chi connectivity index (χ0v) is 12.5. The van der Waals surface area contributed by atoms with Crippen LogP contribution in [0.15, 0.2) is 23.0 Å². The van der Waals surface area contributed by atoms with Crippen LogP contribution in [0.3, 0.4) is 0 Å². The van der Waals surface area contributed by atoms with Gasteiger partial charge in [0, 0.05) is 48.8 Å². The van der Waals surface area contributed by atoms with E-state index in [1.54, 1.807) is 29.8 Å². The van der Waals surface area contributed by atoms with E-state index in [-0.39, 0.29) is 6.61 Å². The summed E-state index contributed by atoms with van der Waals surface area (Å²) < 4.78 is 5.09. The molecule has 0 fully saturated rings. The van der Waals surface area contributed by atoms with Gasteiger partial charge < -0.3 is 9.84 Å². The number of aliphatic hydroxyl groups excluding tert-OH is 1. The van der Waals surface area contributed by atoms with E-state index in [4.69, 9.17) is 9.84 Å². The Morgan fingerprint density at radius 1 is 1.42 bits per heavy atom. The van der Waals surface area contributed by atoms with Crippen molar-refractivity contribution in [3.8, 4) is 10.6 Å². The summed E-state index contributed by atoms with van der Waals surface area (Å²) in [6.45, 7) is 3.14. The highest BCUT2D eigenvalue weighted by molar-refractivity contribution is 7.15. The van der Waals surface area contributed by atoms with Crippen LogP contribution >= 0.6 is 22.7 Å². The van der Waals surface area contributed by atoms with Crippen molar-refractivity contribution in [2.24, 2.45) is 0 Å². The molecule has 0 saturated carbocycles. The van der Waals surface area contributed by atoms with E-state index < -0.39 is 0 Å². The van der Waals surface area contributed by atoms with Crippen molar-refractivity contribution in [2.45, 2.75) is 6.54 Å². The largest absolute Gasteiger partial charge is 0.395 e. The molecule has 1 N–H and O–H groups in total. The van der Waals surface area contributed by atoms with Gasteiger partial charge in [-0.3, -0.25) is 4.90 Å². The lowest BCUT2D eigenvalue weighted by molar-refractivity contribution is 0.127. The minimum atomic E-state index is 0.167. The van der Waals surface area contributed by atoms with Gasteiger partial charge >= 0.3 is 0 Å². The molecule has 0 saturated heterocycles. The van der Waals surface area contributed by atoms with Crippen molar-refractivity contribution >= 4 is 22.7 Å². The molecular weight excluding hydrogens is 280 g/mol. The summed E-state index contributed by atoms with van der Waals surface area (Å²) in [6, 6.07) is 2.09. The van der Waals surface area contributed by atoms with Gasteiger partial charge in [-0.15, -0.1) is 11.3 Å². The summed E-state index contributed by atoms with van der Waals surface area (Å²) in [6.07, 6.45) is 1.93. The molecule has 19 heavy (non-hydrogen) atoms. The molecule has 4 nitrogen and oxygen atoms in total. The monoisotopic (exact) mass is 298 g/mol. The van der Waals surface area contributed by atoms with Gasteiger partial charge in [-0.1, -0.05) is 0 Å². The van der Waals surface area contributed by atoms with E-state index in [1.165, 1.54) is 10.4 Å².